The molecule has 0 radical (unpaired) electrons. The maximum atomic E-state index is 12.1. The molecule has 0 unspecified atom stereocenters. The molecule has 0 atom stereocenters. The van der Waals surface area contributed by atoms with E-state index in [0.29, 0.717) is 20.0 Å². The van der Waals surface area contributed by atoms with Gasteiger partial charge in [-0.1, -0.05) is 40.4 Å². The van der Waals surface area contributed by atoms with Crippen LogP contribution >= 0.6 is 34.5 Å². The second-order valence-corrected chi connectivity index (χ2v) is 7.01. The van der Waals surface area contributed by atoms with Gasteiger partial charge in [-0.25, -0.2) is 0 Å². The number of anilines is 1. The fourth-order valence-electron chi connectivity index (χ4n) is 2.00. The predicted octanol–water partition coefficient (Wildman–Crippen LogP) is 4.29. The molecule has 2 aromatic heterocycles. The Labute approximate surface area is 151 Å². The Balaban J connectivity index is 1.68. The number of carbonyl (C=O) groups is 1. The van der Waals surface area contributed by atoms with Gasteiger partial charge in [-0.05, 0) is 23.8 Å². The Morgan fingerprint density at radius 1 is 1.33 bits per heavy atom. The number of rotatable bonds is 5. The number of aromatic nitrogens is 2. The third-order valence-corrected chi connectivity index (χ3v) is 4.54. The normalized spacial score (nSPS) is 10.6. The minimum absolute atomic E-state index is 0.00344. The molecule has 3 aromatic rings. The van der Waals surface area contributed by atoms with Crippen molar-refractivity contribution >= 4 is 46.5 Å². The molecule has 0 spiro atoms. The molecule has 0 bridgehead atoms. The Bertz CT molecular complexity index is 878. The summed E-state index contributed by atoms with van der Waals surface area (Å²) < 4.78 is 11.5. The third-order valence-electron chi connectivity index (χ3n) is 3.06. The van der Waals surface area contributed by atoms with Gasteiger partial charge in [-0.3, -0.25) is 10.1 Å². The molecular weight excluding hydrogens is 373 g/mol. The van der Waals surface area contributed by atoms with Crippen LogP contribution in [0.5, 0.6) is 5.75 Å². The van der Waals surface area contributed by atoms with E-state index < -0.39 is 0 Å². The molecule has 6 nitrogen and oxygen atoms in total. The Kier molecular flexibility index (Phi) is 5.03. The fraction of sp³-hybridized carbons (Fsp3) is 0.133. The van der Waals surface area contributed by atoms with Gasteiger partial charge >= 0.3 is 6.01 Å². The molecular formula is C15H11Cl2N3O3S. The first-order valence-electron chi connectivity index (χ1n) is 6.76. The summed E-state index contributed by atoms with van der Waals surface area (Å²) in [6.07, 6.45) is 0.153. The largest absolute Gasteiger partial charge is 0.497 e. The highest BCUT2D eigenvalue weighted by atomic mass is 35.5. The van der Waals surface area contributed by atoms with E-state index in [2.05, 4.69) is 15.5 Å². The van der Waals surface area contributed by atoms with Crippen molar-refractivity contribution in [2.45, 2.75) is 6.42 Å². The van der Waals surface area contributed by atoms with Crippen molar-refractivity contribution in [1.82, 2.24) is 10.2 Å². The molecule has 0 aliphatic heterocycles. The van der Waals surface area contributed by atoms with Crippen LogP contribution in [0.1, 0.15) is 5.56 Å². The van der Waals surface area contributed by atoms with Crippen LogP contribution in [0.15, 0.2) is 34.7 Å². The number of nitrogens with zero attached hydrogens (tertiary/aromatic N) is 2. The maximum Gasteiger partial charge on any atom is 0.322 e. The van der Waals surface area contributed by atoms with Crippen LogP contribution in [0, 0.1) is 0 Å². The lowest BCUT2D eigenvalue weighted by Gasteiger charge is -2.03. The number of carbonyl (C=O) groups excluding carboxylic acids is 1. The number of amides is 1. The molecule has 1 N–H and O–H groups in total. The summed E-state index contributed by atoms with van der Waals surface area (Å²) >= 11 is 13.1. The van der Waals surface area contributed by atoms with Crippen LogP contribution in [-0.2, 0) is 11.2 Å². The van der Waals surface area contributed by atoms with Crippen LogP contribution in [-0.4, -0.2) is 23.2 Å². The Hall–Kier alpha value is -2.09. The lowest BCUT2D eigenvalue weighted by molar-refractivity contribution is -0.115. The van der Waals surface area contributed by atoms with Crippen molar-refractivity contribution in [2.24, 2.45) is 0 Å². The van der Waals surface area contributed by atoms with Crippen LogP contribution in [0.2, 0.25) is 8.67 Å². The molecule has 1 aromatic carbocycles. The molecule has 0 saturated heterocycles. The lowest BCUT2D eigenvalue weighted by atomic mass is 10.1. The van der Waals surface area contributed by atoms with Crippen molar-refractivity contribution in [3.05, 3.63) is 44.6 Å². The molecule has 0 aliphatic carbocycles. The topological polar surface area (TPSA) is 77.2 Å². The van der Waals surface area contributed by atoms with Gasteiger partial charge in [0.2, 0.25) is 5.91 Å². The number of thiophene rings is 1. The summed E-state index contributed by atoms with van der Waals surface area (Å²) in [7, 11) is 1.57. The smallest absolute Gasteiger partial charge is 0.322 e. The Morgan fingerprint density at radius 3 is 2.88 bits per heavy atom. The van der Waals surface area contributed by atoms with E-state index in [1.807, 2.05) is 12.1 Å². The standard InChI is InChI=1S/C15H11Cl2N3O3S/c1-22-9-4-2-3-8(5-9)6-12(21)18-15-20-19-14(23-15)10-7-11(16)24-13(10)17/h2-5,7H,6H2,1H3,(H,18,20,21). The van der Waals surface area contributed by atoms with Gasteiger partial charge in [-0.15, -0.1) is 16.4 Å². The van der Waals surface area contributed by atoms with Gasteiger partial charge in [0.25, 0.3) is 5.89 Å². The van der Waals surface area contributed by atoms with Crippen molar-refractivity contribution in [3.8, 4) is 17.2 Å². The van der Waals surface area contributed by atoms with Crippen LogP contribution in [0.4, 0.5) is 6.01 Å². The molecule has 2 heterocycles. The third kappa shape index (κ3) is 3.87. The lowest BCUT2D eigenvalue weighted by Crippen LogP contribution is -2.14. The van der Waals surface area contributed by atoms with Gasteiger partial charge in [0.15, 0.2) is 0 Å². The highest BCUT2D eigenvalue weighted by molar-refractivity contribution is 7.20. The second-order valence-electron chi connectivity index (χ2n) is 4.73. The second kappa shape index (κ2) is 7.21. The minimum atomic E-state index is -0.284. The van der Waals surface area contributed by atoms with Crippen molar-refractivity contribution in [3.63, 3.8) is 0 Å². The van der Waals surface area contributed by atoms with Crippen molar-refractivity contribution < 1.29 is 13.9 Å². The molecule has 24 heavy (non-hydrogen) atoms. The summed E-state index contributed by atoms with van der Waals surface area (Å²) in [6.45, 7) is 0. The van der Waals surface area contributed by atoms with E-state index in [0.717, 1.165) is 5.56 Å². The summed E-state index contributed by atoms with van der Waals surface area (Å²) in [5, 5.41) is 10.2. The van der Waals surface area contributed by atoms with E-state index >= 15 is 0 Å². The number of methoxy groups -OCH3 is 1. The number of benzene rings is 1. The SMILES string of the molecule is COc1cccc(CC(=O)Nc2nnc(-c3cc(Cl)sc3Cl)o2)c1. The van der Waals surface area contributed by atoms with Gasteiger partial charge in [0, 0.05) is 0 Å². The highest BCUT2D eigenvalue weighted by Gasteiger charge is 2.16. The van der Waals surface area contributed by atoms with Gasteiger partial charge < -0.3 is 9.15 Å². The first-order chi connectivity index (χ1) is 11.5. The molecule has 9 heteroatoms. The molecule has 0 fully saturated rings. The molecule has 0 saturated carbocycles. The number of ether oxygens (including phenoxy) is 1. The van der Waals surface area contributed by atoms with Crippen LogP contribution < -0.4 is 10.1 Å². The number of nitrogens with one attached hydrogen (secondary N) is 1. The zero-order chi connectivity index (χ0) is 17.1. The van der Waals surface area contributed by atoms with E-state index in [9.17, 15) is 4.79 Å². The highest BCUT2D eigenvalue weighted by Crippen LogP contribution is 2.37. The van der Waals surface area contributed by atoms with Gasteiger partial charge in [0.1, 0.15) is 10.1 Å². The molecule has 124 valence electrons. The van der Waals surface area contributed by atoms with Gasteiger partial charge in [-0.2, -0.15) is 0 Å². The minimum Gasteiger partial charge on any atom is -0.497 e. The first kappa shape index (κ1) is 16.8. The number of halogens is 2. The Morgan fingerprint density at radius 2 is 2.17 bits per heavy atom. The fourth-order valence-corrected chi connectivity index (χ4v) is 3.45. The van der Waals surface area contributed by atoms with E-state index in [1.54, 1.807) is 25.3 Å². The average molecular weight is 384 g/mol. The molecule has 3 rings (SSSR count). The molecule has 1 amide bonds. The van der Waals surface area contributed by atoms with Crippen LogP contribution in [0.25, 0.3) is 11.5 Å². The summed E-state index contributed by atoms with van der Waals surface area (Å²) in [6, 6.07) is 8.86. The van der Waals surface area contributed by atoms with Crippen LogP contribution in [0.3, 0.4) is 0 Å². The monoisotopic (exact) mass is 383 g/mol. The van der Waals surface area contributed by atoms with Crippen molar-refractivity contribution in [1.29, 1.82) is 0 Å². The number of hydrogen-bond acceptors (Lipinski definition) is 6. The summed E-state index contributed by atoms with van der Waals surface area (Å²) in [5.74, 6) is 0.595. The number of hydrogen-bond donors (Lipinski definition) is 1. The first-order valence-corrected chi connectivity index (χ1v) is 8.34. The average Bonchev–Trinajstić information content (AvgIpc) is 3.13. The zero-order valence-electron chi connectivity index (χ0n) is 12.4. The van der Waals surface area contributed by atoms with E-state index in [-0.39, 0.29) is 24.2 Å². The quantitative estimate of drug-likeness (QED) is 0.710. The molecule has 0 aliphatic rings. The summed E-state index contributed by atoms with van der Waals surface area (Å²) in [5.41, 5.74) is 1.34. The maximum absolute atomic E-state index is 12.1. The predicted molar refractivity (Wildman–Crippen MR) is 93.0 cm³/mol. The van der Waals surface area contributed by atoms with E-state index in [4.69, 9.17) is 32.4 Å². The summed E-state index contributed by atoms with van der Waals surface area (Å²) in [4.78, 5) is 12.1. The van der Waals surface area contributed by atoms with Crippen molar-refractivity contribution in [2.75, 3.05) is 12.4 Å². The van der Waals surface area contributed by atoms with E-state index in [1.165, 1.54) is 11.3 Å². The van der Waals surface area contributed by atoms with Gasteiger partial charge in [0.05, 0.1) is 23.4 Å². The zero-order valence-corrected chi connectivity index (χ0v) is 14.7.